The summed E-state index contributed by atoms with van der Waals surface area (Å²) in [4.78, 5) is 0. The molecule has 1 fully saturated rings. The SMILES string of the molecule is ClCC1(NCC2COc3ccccc32)CC1. The number of rotatable bonds is 4. The molecule has 1 heterocycles. The quantitative estimate of drug-likeness (QED) is 0.813. The highest BCUT2D eigenvalue weighted by Gasteiger charge is 2.42. The lowest BCUT2D eigenvalue weighted by Crippen LogP contribution is -2.36. The second-order valence-corrected chi connectivity index (χ2v) is 5.11. The average molecular weight is 238 g/mol. The molecule has 3 heteroatoms. The van der Waals surface area contributed by atoms with Crippen molar-refractivity contribution in [1.82, 2.24) is 5.32 Å². The molecule has 86 valence electrons. The minimum atomic E-state index is 0.235. The standard InChI is InChI=1S/C13H16ClNO/c14-9-13(5-6-13)15-7-10-8-16-12-4-2-1-3-11(10)12/h1-4,10,15H,5-9H2. The van der Waals surface area contributed by atoms with Crippen molar-refractivity contribution in [3.8, 4) is 5.75 Å². The summed E-state index contributed by atoms with van der Waals surface area (Å²) in [5.41, 5.74) is 1.57. The number of hydrogen-bond donors (Lipinski definition) is 1. The lowest BCUT2D eigenvalue weighted by Gasteiger charge is -2.17. The zero-order chi connectivity index (χ0) is 11.0. The summed E-state index contributed by atoms with van der Waals surface area (Å²) >= 11 is 5.95. The number of para-hydroxylation sites is 1. The van der Waals surface area contributed by atoms with E-state index in [1.165, 1.54) is 18.4 Å². The number of hydrogen-bond acceptors (Lipinski definition) is 2. The summed E-state index contributed by atoms with van der Waals surface area (Å²) in [6, 6.07) is 8.31. The summed E-state index contributed by atoms with van der Waals surface area (Å²) < 4.78 is 5.66. The minimum absolute atomic E-state index is 0.235. The van der Waals surface area contributed by atoms with Gasteiger partial charge in [0.15, 0.2) is 0 Å². The zero-order valence-corrected chi connectivity index (χ0v) is 9.96. The Balaban J connectivity index is 1.65. The van der Waals surface area contributed by atoms with E-state index in [0.29, 0.717) is 5.92 Å². The Morgan fingerprint density at radius 3 is 2.94 bits per heavy atom. The van der Waals surface area contributed by atoms with Crippen LogP contribution in [0.4, 0.5) is 0 Å². The fraction of sp³-hybridized carbons (Fsp3) is 0.538. The van der Waals surface area contributed by atoms with E-state index in [0.717, 1.165) is 24.8 Å². The molecule has 2 nitrogen and oxygen atoms in total. The van der Waals surface area contributed by atoms with Crippen LogP contribution in [0.5, 0.6) is 5.75 Å². The predicted octanol–water partition coefficient (Wildman–Crippen LogP) is 2.52. The first-order valence-corrected chi connectivity index (χ1v) is 6.39. The van der Waals surface area contributed by atoms with Gasteiger partial charge in [0.05, 0.1) is 6.61 Å². The molecular formula is C13H16ClNO. The van der Waals surface area contributed by atoms with Gasteiger partial charge in [-0.05, 0) is 18.9 Å². The first kappa shape index (κ1) is 10.4. The molecule has 1 N–H and O–H groups in total. The fourth-order valence-electron chi connectivity index (χ4n) is 2.25. The van der Waals surface area contributed by atoms with Crippen LogP contribution >= 0.6 is 11.6 Å². The average Bonchev–Trinajstić information content (AvgIpc) is 3.01. The van der Waals surface area contributed by atoms with Gasteiger partial charge in [0.1, 0.15) is 5.75 Å². The summed E-state index contributed by atoms with van der Waals surface area (Å²) in [7, 11) is 0. The highest BCUT2D eigenvalue weighted by Crippen LogP contribution is 2.38. The summed E-state index contributed by atoms with van der Waals surface area (Å²) in [5, 5.41) is 3.59. The Morgan fingerprint density at radius 2 is 2.19 bits per heavy atom. The predicted molar refractivity (Wildman–Crippen MR) is 65.4 cm³/mol. The smallest absolute Gasteiger partial charge is 0.122 e. The Bertz CT molecular complexity index is 389. The Hall–Kier alpha value is -0.730. The van der Waals surface area contributed by atoms with Crippen molar-refractivity contribution in [2.45, 2.75) is 24.3 Å². The van der Waals surface area contributed by atoms with Gasteiger partial charge in [-0.3, -0.25) is 0 Å². The molecule has 0 saturated heterocycles. The van der Waals surface area contributed by atoms with Gasteiger partial charge in [-0.15, -0.1) is 11.6 Å². The molecule has 0 bridgehead atoms. The normalized spacial score (nSPS) is 24.9. The maximum Gasteiger partial charge on any atom is 0.122 e. The van der Waals surface area contributed by atoms with Gasteiger partial charge in [-0.1, -0.05) is 18.2 Å². The first-order valence-electron chi connectivity index (χ1n) is 5.86. The van der Waals surface area contributed by atoms with E-state index in [-0.39, 0.29) is 5.54 Å². The topological polar surface area (TPSA) is 21.3 Å². The second kappa shape index (κ2) is 3.94. The number of alkyl halides is 1. The van der Waals surface area contributed by atoms with Crippen LogP contribution in [-0.4, -0.2) is 24.6 Å². The molecule has 16 heavy (non-hydrogen) atoms. The molecule has 0 radical (unpaired) electrons. The number of fused-ring (bicyclic) bond motifs is 1. The van der Waals surface area contributed by atoms with Gasteiger partial charge < -0.3 is 10.1 Å². The molecular weight excluding hydrogens is 222 g/mol. The lowest BCUT2D eigenvalue weighted by atomic mass is 10.0. The maximum absolute atomic E-state index is 5.95. The largest absolute Gasteiger partial charge is 0.493 e. The molecule has 0 spiro atoms. The number of benzene rings is 1. The molecule has 1 aromatic rings. The third kappa shape index (κ3) is 1.80. The number of halogens is 1. The van der Waals surface area contributed by atoms with E-state index in [2.05, 4.69) is 17.4 Å². The van der Waals surface area contributed by atoms with Crippen molar-refractivity contribution in [2.24, 2.45) is 0 Å². The highest BCUT2D eigenvalue weighted by molar-refractivity contribution is 6.18. The van der Waals surface area contributed by atoms with Crippen molar-refractivity contribution < 1.29 is 4.74 Å². The molecule has 0 amide bonds. The second-order valence-electron chi connectivity index (χ2n) is 4.84. The molecule has 2 aliphatic rings. The van der Waals surface area contributed by atoms with E-state index in [1.54, 1.807) is 0 Å². The number of ether oxygens (including phenoxy) is 1. The molecule has 1 aliphatic carbocycles. The monoisotopic (exact) mass is 237 g/mol. The van der Waals surface area contributed by atoms with Gasteiger partial charge in [0.2, 0.25) is 0 Å². The van der Waals surface area contributed by atoms with Crippen LogP contribution in [-0.2, 0) is 0 Å². The molecule has 1 unspecified atom stereocenters. The van der Waals surface area contributed by atoms with E-state index in [9.17, 15) is 0 Å². The van der Waals surface area contributed by atoms with Crippen LogP contribution in [0.15, 0.2) is 24.3 Å². The van der Waals surface area contributed by atoms with E-state index in [4.69, 9.17) is 16.3 Å². The van der Waals surface area contributed by atoms with Crippen LogP contribution in [0.1, 0.15) is 24.3 Å². The molecule has 1 atom stereocenters. The summed E-state index contributed by atoms with van der Waals surface area (Å²) in [6.45, 7) is 1.77. The third-order valence-electron chi connectivity index (χ3n) is 3.63. The summed E-state index contributed by atoms with van der Waals surface area (Å²) in [6.07, 6.45) is 2.43. The molecule has 3 rings (SSSR count). The van der Waals surface area contributed by atoms with Crippen molar-refractivity contribution in [3.63, 3.8) is 0 Å². The Labute approximate surface area is 101 Å². The number of nitrogens with one attached hydrogen (secondary N) is 1. The van der Waals surface area contributed by atoms with Crippen molar-refractivity contribution in [3.05, 3.63) is 29.8 Å². The van der Waals surface area contributed by atoms with Crippen LogP contribution < -0.4 is 10.1 Å². The molecule has 1 aliphatic heterocycles. The van der Waals surface area contributed by atoms with Gasteiger partial charge in [0.25, 0.3) is 0 Å². The molecule has 1 aromatic carbocycles. The van der Waals surface area contributed by atoms with Crippen molar-refractivity contribution in [2.75, 3.05) is 19.0 Å². The summed E-state index contributed by atoms with van der Waals surface area (Å²) in [5.74, 6) is 2.25. The lowest BCUT2D eigenvalue weighted by molar-refractivity contribution is 0.322. The van der Waals surface area contributed by atoms with Crippen LogP contribution in [0.3, 0.4) is 0 Å². The van der Waals surface area contributed by atoms with Gasteiger partial charge in [0, 0.05) is 29.4 Å². The molecule has 0 aromatic heterocycles. The fourth-order valence-corrected chi connectivity index (χ4v) is 2.61. The van der Waals surface area contributed by atoms with Gasteiger partial charge in [-0.2, -0.15) is 0 Å². The Morgan fingerprint density at radius 1 is 1.38 bits per heavy atom. The third-order valence-corrected chi connectivity index (χ3v) is 4.14. The van der Waals surface area contributed by atoms with Gasteiger partial charge in [-0.25, -0.2) is 0 Å². The van der Waals surface area contributed by atoms with Crippen molar-refractivity contribution >= 4 is 11.6 Å². The minimum Gasteiger partial charge on any atom is -0.493 e. The highest BCUT2D eigenvalue weighted by atomic mass is 35.5. The van der Waals surface area contributed by atoms with E-state index >= 15 is 0 Å². The van der Waals surface area contributed by atoms with Crippen LogP contribution in [0.25, 0.3) is 0 Å². The van der Waals surface area contributed by atoms with Crippen molar-refractivity contribution in [1.29, 1.82) is 0 Å². The van der Waals surface area contributed by atoms with Crippen LogP contribution in [0.2, 0.25) is 0 Å². The van der Waals surface area contributed by atoms with E-state index < -0.39 is 0 Å². The zero-order valence-electron chi connectivity index (χ0n) is 9.21. The first-order chi connectivity index (χ1) is 7.83. The van der Waals surface area contributed by atoms with Gasteiger partial charge >= 0.3 is 0 Å². The Kier molecular flexibility index (Phi) is 2.56. The van der Waals surface area contributed by atoms with Crippen LogP contribution in [0, 0.1) is 0 Å². The van der Waals surface area contributed by atoms with E-state index in [1.807, 2.05) is 12.1 Å². The maximum atomic E-state index is 5.95. The molecule has 1 saturated carbocycles.